The van der Waals surface area contributed by atoms with Gasteiger partial charge in [-0.3, -0.25) is 0 Å². The van der Waals surface area contributed by atoms with Crippen LogP contribution in [0.1, 0.15) is 61.4 Å². The molecule has 0 aliphatic carbocycles. The van der Waals surface area contributed by atoms with E-state index in [1.807, 2.05) is 0 Å². The highest BCUT2D eigenvalue weighted by Crippen LogP contribution is 2.14. The fraction of sp³-hybridized carbons (Fsp3) is 0.562. The summed E-state index contributed by atoms with van der Waals surface area (Å²) in [7, 11) is 0. The molecule has 0 unspecified atom stereocenters. The van der Waals surface area contributed by atoms with Crippen molar-refractivity contribution < 1.29 is 19.0 Å². The van der Waals surface area contributed by atoms with Crippen molar-refractivity contribution in [2.24, 2.45) is 0 Å². The highest BCUT2D eigenvalue weighted by Gasteiger charge is 2.13. The first-order valence-electron chi connectivity index (χ1n) is 7.25. The van der Waals surface area contributed by atoms with E-state index < -0.39 is 11.8 Å². The minimum atomic E-state index is -1.25. The molecule has 0 saturated carbocycles. The molecule has 0 atom stereocenters. The van der Waals surface area contributed by atoms with E-state index in [1.54, 1.807) is 6.07 Å². The van der Waals surface area contributed by atoms with E-state index in [1.165, 1.54) is 37.8 Å². The molecule has 0 amide bonds. The fourth-order valence-corrected chi connectivity index (χ4v) is 2.02. The number of unbranched alkanes of at least 4 members (excludes halogenated alkanes) is 5. The van der Waals surface area contributed by atoms with E-state index in [9.17, 15) is 9.18 Å². The lowest BCUT2D eigenvalue weighted by molar-refractivity contribution is 0.0690. The van der Waals surface area contributed by atoms with Gasteiger partial charge in [0.2, 0.25) is 0 Å². The molecule has 0 radical (unpaired) electrons. The van der Waals surface area contributed by atoms with Crippen LogP contribution in [0.15, 0.2) is 18.2 Å². The molecule has 0 bridgehead atoms. The zero-order chi connectivity index (χ0) is 14.8. The maximum absolute atomic E-state index is 13.8. The van der Waals surface area contributed by atoms with Crippen LogP contribution >= 0.6 is 0 Å². The smallest absolute Gasteiger partial charge is 0.338 e. The first kappa shape index (κ1) is 16.6. The molecule has 112 valence electrons. The molecule has 1 aromatic rings. The summed E-state index contributed by atoms with van der Waals surface area (Å²) in [6.45, 7) is 2.90. The molecule has 4 heteroatoms. The van der Waals surface area contributed by atoms with Gasteiger partial charge in [0.25, 0.3) is 0 Å². The van der Waals surface area contributed by atoms with E-state index in [4.69, 9.17) is 9.84 Å². The average Bonchev–Trinajstić information content (AvgIpc) is 2.43. The molecule has 0 saturated heterocycles. The molecular weight excluding hydrogens is 259 g/mol. The van der Waals surface area contributed by atoms with Crippen LogP contribution in [0.25, 0.3) is 0 Å². The predicted molar refractivity (Wildman–Crippen MR) is 76.4 cm³/mol. The van der Waals surface area contributed by atoms with Gasteiger partial charge in [-0.1, -0.05) is 51.2 Å². The molecule has 0 heterocycles. The SMILES string of the molecule is CCCCCCCCOCc1cccc(C(=O)O)c1F. The number of halogens is 1. The number of benzene rings is 1. The Balaban J connectivity index is 2.25. The van der Waals surface area contributed by atoms with Crippen molar-refractivity contribution in [3.05, 3.63) is 35.1 Å². The number of ether oxygens (including phenoxy) is 1. The summed E-state index contributed by atoms with van der Waals surface area (Å²) in [4.78, 5) is 10.8. The predicted octanol–water partition coefficient (Wildman–Crippen LogP) is 4.40. The number of carbonyl (C=O) groups is 1. The van der Waals surface area contributed by atoms with Gasteiger partial charge >= 0.3 is 5.97 Å². The van der Waals surface area contributed by atoms with Gasteiger partial charge in [-0.2, -0.15) is 0 Å². The Bertz CT molecular complexity index is 418. The molecule has 0 spiro atoms. The number of rotatable bonds is 10. The Morgan fingerprint density at radius 2 is 1.90 bits per heavy atom. The summed E-state index contributed by atoms with van der Waals surface area (Å²) < 4.78 is 19.2. The third-order valence-corrected chi connectivity index (χ3v) is 3.21. The maximum atomic E-state index is 13.8. The van der Waals surface area contributed by atoms with E-state index >= 15 is 0 Å². The van der Waals surface area contributed by atoms with Crippen molar-refractivity contribution in [3.63, 3.8) is 0 Å². The molecule has 0 aliphatic heterocycles. The fourth-order valence-electron chi connectivity index (χ4n) is 2.02. The Hall–Kier alpha value is -1.42. The average molecular weight is 282 g/mol. The molecule has 3 nitrogen and oxygen atoms in total. The molecule has 0 fully saturated rings. The van der Waals surface area contributed by atoms with Crippen LogP contribution in [0.2, 0.25) is 0 Å². The Morgan fingerprint density at radius 3 is 2.60 bits per heavy atom. The van der Waals surface area contributed by atoms with Crippen molar-refractivity contribution in [1.82, 2.24) is 0 Å². The van der Waals surface area contributed by atoms with Gasteiger partial charge in [0.1, 0.15) is 5.82 Å². The van der Waals surface area contributed by atoms with E-state index in [0.29, 0.717) is 12.2 Å². The highest BCUT2D eigenvalue weighted by atomic mass is 19.1. The highest BCUT2D eigenvalue weighted by molar-refractivity contribution is 5.88. The first-order chi connectivity index (χ1) is 9.66. The van der Waals surface area contributed by atoms with Crippen LogP contribution in [0.3, 0.4) is 0 Å². The number of hydrogen-bond acceptors (Lipinski definition) is 2. The van der Waals surface area contributed by atoms with Crippen LogP contribution < -0.4 is 0 Å². The summed E-state index contributed by atoms with van der Waals surface area (Å²) in [5.41, 5.74) is 0.00143. The van der Waals surface area contributed by atoms with Crippen LogP contribution in [-0.4, -0.2) is 17.7 Å². The first-order valence-corrected chi connectivity index (χ1v) is 7.25. The zero-order valence-corrected chi connectivity index (χ0v) is 12.0. The minimum absolute atomic E-state index is 0.127. The molecule has 20 heavy (non-hydrogen) atoms. The Kier molecular flexibility index (Phi) is 7.88. The lowest BCUT2D eigenvalue weighted by Gasteiger charge is -2.07. The Labute approximate surface area is 119 Å². The molecule has 0 aliphatic rings. The summed E-state index contributed by atoms with van der Waals surface area (Å²) in [6.07, 6.45) is 7.05. The van der Waals surface area contributed by atoms with Crippen molar-refractivity contribution in [2.45, 2.75) is 52.1 Å². The van der Waals surface area contributed by atoms with Crippen LogP contribution in [0.5, 0.6) is 0 Å². The lowest BCUT2D eigenvalue weighted by Crippen LogP contribution is -2.05. The third-order valence-electron chi connectivity index (χ3n) is 3.21. The summed E-state index contributed by atoms with van der Waals surface area (Å²) in [5.74, 6) is -1.94. The van der Waals surface area contributed by atoms with Crippen molar-refractivity contribution in [1.29, 1.82) is 0 Å². The van der Waals surface area contributed by atoms with Gasteiger partial charge in [0, 0.05) is 12.2 Å². The summed E-state index contributed by atoms with van der Waals surface area (Å²) in [5, 5.41) is 8.82. The molecular formula is C16H23FO3. The molecule has 1 aromatic carbocycles. The molecule has 1 rings (SSSR count). The van der Waals surface area contributed by atoms with Gasteiger partial charge in [0.15, 0.2) is 0 Å². The van der Waals surface area contributed by atoms with Gasteiger partial charge in [-0.05, 0) is 12.5 Å². The van der Waals surface area contributed by atoms with Gasteiger partial charge < -0.3 is 9.84 Å². The van der Waals surface area contributed by atoms with Crippen LogP contribution in [-0.2, 0) is 11.3 Å². The van der Waals surface area contributed by atoms with Gasteiger partial charge in [-0.15, -0.1) is 0 Å². The number of carboxylic acids is 1. The van der Waals surface area contributed by atoms with E-state index in [2.05, 4.69) is 6.92 Å². The van der Waals surface area contributed by atoms with Gasteiger partial charge in [-0.25, -0.2) is 9.18 Å². The Morgan fingerprint density at radius 1 is 1.20 bits per heavy atom. The molecule has 1 N–H and O–H groups in total. The summed E-state index contributed by atoms with van der Waals surface area (Å²) in [6, 6.07) is 4.36. The van der Waals surface area contributed by atoms with Crippen LogP contribution in [0.4, 0.5) is 4.39 Å². The maximum Gasteiger partial charge on any atom is 0.338 e. The number of aromatic carboxylic acids is 1. The standard InChI is InChI=1S/C16H23FO3/c1-2-3-4-5-6-7-11-20-12-13-9-8-10-14(15(13)17)16(18)19/h8-10H,2-7,11-12H2,1H3,(H,18,19). The second-order valence-electron chi connectivity index (χ2n) is 4.90. The number of carboxylic acid groups (broad SMARTS) is 1. The molecule has 0 aromatic heterocycles. The van der Waals surface area contributed by atoms with Crippen molar-refractivity contribution >= 4 is 5.97 Å². The third kappa shape index (κ3) is 5.70. The largest absolute Gasteiger partial charge is 0.478 e. The quantitative estimate of drug-likeness (QED) is 0.647. The second kappa shape index (κ2) is 9.48. The second-order valence-corrected chi connectivity index (χ2v) is 4.90. The van der Waals surface area contributed by atoms with Crippen molar-refractivity contribution in [3.8, 4) is 0 Å². The lowest BCUT2D eigenvalue weighted by atomic mass is 10.1. The summed E-state index contributed by atoms with van der Waals surface area (Å²) >= 11 is 0. The number of hydrogen-bond donors (Lipinski definition) is 1. The van der Waals surface area contributed by atoms with Crippen molar-refractivity contribution in [2.75, 3.05) is 6.61 Å². The topological polar surface area (TPSA) is 46.5 Å². The van der Waals surface area contributed by atoms with E-state index in [0.717, 1.165) is 12.8 Å². The zero-order valence-electron chi connectivity index (χ0n) is 12.0. The normalized spacial score (nSPS) is 10.7. The van der Waals surface area contributed by atoms with Crippen LogP contribution in [0, 0.1) is 5.82 Å². The minimum Gasteiger partial charge on any atom is -0.478 e. The monoisotopic (exact) mass is 282 g/mol. The van der Waals surface area contributed by atoms with E-state index in [-0.39, 0.29) is 12.2 Å². The van der Waals surface area contributed by atoms with Gasteiger partial charge in [0.05, 0.1) is 12.2 Å².